The van der Waals surface area contributed by atoms with E-state index in [1.807, 2.05) is 47.8 Å². The number of carbonyl (C=O) groups is 1. The van der Waals surface area contributed by atoms with E-state index in [2.05, 4.69) is 11.1 Å². The Balaban J connectivity index is 1.64. The van der Waals surface area contributed by atoms with Gasteiger partial charge in [-0.15, -0.1) is 0 Å². The molecule has 0 radical (unpaired) electrons. The molecular formula is C19H25N3O2. The van der Waals surface area contributed by atoms with Crippen LogP contribution in [-0.2, 0) is 18.3 Å². The highest BCUT2D eigenvalue weighted by Gasteiger charge is 2.30. The van der Waals surface area contributed by atoms with Crippen molar-refractivity contribution in [3.05, 3.63) is 53.6 Å². The zero-order valence-corrected chi connectivity index (χ0v) is 14.4. The first-order chi connectivity index (χ1) is 11.5. The lowest BCUT2D eigenvalue weighted by Crippen LogP contribution is -2.42. The Morgan fingerprint density at radius 2 is 2.29 bits per heavy atom. The first-order valence-electron chi connectivity index (χ1n) is 8.53. The summed E-state index contributed by atoms with van der Waals surface area (Å²) in [4.78, 5) is 18.8. The number of hydrogen-bond donors (Lipinski definition) is 1. The van der Waals surface area contributed by atoms with Crippen LogP contribution in [0.4, 0.5) is 0 Å². The van der Waals surface area contributed by atoms with E-state index in [0.717, 1.165) is 24.9 Å². The molecule has 2 atom stereocenters. The molecule has 0 spiro atoms. The van der Waals surface area contributed by atoms with Gasteiger partial charge in [0.15, 0.2) is 0 Å². The molecule has 1 aliphatic rings. The lowest BCUT2D eigenvalue weighted by molar-refractivity contribution is -0.133. The number of piperidine rings is 1. The summed E-state index contributed by atoms with van der Waals surface area (Å²) in [5.41, 5.74) is 2.22. The van der Waals surface area contributed by atoms with Crippen LogP contribution in [0, 0.1) is 12.8 Å². The Morgan fingerprint density at radius 1 is 1.46 bits per heavy atom. The minimum Gasteiger partial charge on any atom is -0.385 e. The number of rotatable bonds is 4. The number of aliphatic hydroxyl groups excluding tert-OH is 1. The molecular weight excluding hydrogens is 302 g/mol. The van der Waals surface area contributed by atoms with Crippen molar-refractivity contribution in [1.29, 1.82) is 0 Å². The molecule has 0 aliphatic carbocycles. The molecule has 128 valence electrons. The standard InChI is InChI=1S/C19H25N3O2/c1-14-5-3-6-15(11-14)12-17(23)22-9-4-7-16(13-22)18(24)19-20-8-10-21(19)2/h3,5-6,8,10-11,16,18,24H,4,7,9,12-13H2,1-2H3. The summed E-state index contributed by atoms with van der Waals surface area (Å²) in [6.07, 6.45) is 5.17. The van der Waals surface area contributed by atoms with E-state index in [9.17, 15) is 9.90 Å². The zero-order chi connectivity index (χ0) is 17.1. The summed E-state index contributed by atoms with van der Waals surface area (Å²) >= 11 is 0. The van der Waals surface area contributed by atoms with E-state index in [-0.39, 0.29) is 11.8 Å². The lowest BCUT2D eigenvalue weighted by Gasteiger charge is -2.35. The van der Waals surface area contributed by atoms with Gasteiger partial charge in [0, 0.05) is 38.4 Å². The molecule has 2 heterocycles. The largest absolute Gasteiger partial charge is 0.385 e. The van der Waals surface area contributed by atoms with E-state index < -0.39 is 6.10 Å². The summed E-state index contributed by atoms with van der Waals surface area (Å²) in [7, 11) is 1.88. The number of imidazole rings is 1. The Kier molecular flexibility index (Phi) is 5.00. The van der Waals surface area contributed by atoms with E-state index in [4.69, 9.17) is 0 Å². The molecule has 3 rings (SSSR count). The third kappa shape index (κ3) is 3.67. The third-order valence-electron chi connectivity index (χ3n) is 4.82. The number of carbonyl (C=O) groups excluding carboxylic acids is 1. The monoisotopic (exact) mass is 327 g/mol. The van der Waals surface area contributed by atoms with Crippen LogP contribution >= 0.6 is 0 Å². The maximum Gasteiger partial charge on any atom is 0.227 e. The Hall–Kier alpha value is -2.14. The second kappa shape index (κ2) is 7.18. The Morgan fingerprint density at radius 3 is 3.00 bits per heavy atom. The van der Waals surface area contributed by atoms with Gasteiger partial charge in [0.05, 0.1) is 6.42 Å². The first kappa shape index (κ1) is 16.7. The Bertz CT molecular complexity index is 710. The SMILES string of the molecule is Cc1cccc(CC(=O)N2CCCC(C(O)c3nccn3C)C2)c1. The number of aryl methyl sites for hydroxylation is 2. The fourth-order valence-electron chi connectivity index (χ4n) is 3.48. The van der Waals surface area contributed by atoms with Crippen LogP contribution in [0.1, 0.15) is 35.9 Å². The van der Waals surface area contributed by atoms with Crippen LogP contribution < -0.4 is 0 Å². The second-order valence-electron chi connectivity index (χ2n) is 6.75. The van der Waals surface area contributed by atoms with Crippen molar-refractivity contribution < 1.29 is 9.90 Å². The van der Waals surface area contributed by atoms with Gasteiger partial charge in [0.1, 0.15) is 11.9 Å². The van der Waals surface area contributed by atoms with Crippen molar-refractivity contribution in [2.24, 2.45) is 13.0 Å². The smallest absolute Gasteiger partial charge is 0.227 e. The van der Waals surface area contributed by atoms with E-state index >= 15 is 0 Å². The minimum atomic E-state index is -0.625. The lowest BCUT2D eigenvalue weighted by atomic mass is 9.91. The Labute approximate surface area is 142 Å². The molecule has 5 heteroatoms. The van der Waals surface area contributed by atoms with Crippen LogP contribution in [0.25, 0.3) is 0 Å². The topological polar surface area (TPSA) is 58.4 Å². The van der Waals surface area contributed by atoms with Crippen LogP contribution in [-0.4, -0.2) is 38.6 Å². The van der Waals surface area contributed by atoms with Crippen molar-refractivity contribution in [3.63, 3.8) is 0 Å². The van der Waals surface area contributed by atoms with Crippen molar-refractivity contribution in [2.75, 3.05) is 13.1 Å². The van der Waals surface area contributed by atoms with Gasteiger partial charge in [-0.1, -0.05) is 29.8 Å². The minimum absolute atomic E-state index is 0.0429. The average molecular weight is 327 g/mol. The number of aliphatic hydroxyl groups is 1. The predicted molar refractivity (Wildman–Crippen MR) is 92.4 cm³/mol. The highest BCUT2D eigenvalue weighted by molar-refractivity contribution is 5.79. The maximum atomic E-state index is 12.6. The van der Waals surface area contributed by atoms with Gasteiger partial charge in [-0.2, -0.15) is 0 Å². The molecule has 1 aromatic carbocycles. The first-order valence-corrected chi connectivity index (χ1v) is 8.53. The third-order valence-corrected chi connectivity index (χ3v) is 4.82. The summed E-state index contributed by atoms with van der Waals surface area (Å²) in [6.45, 7) is 3.40. The van der Waals surface area contributed by atoms with Crippen LogP contribution in [0.5, 0.6) is 0 Å². The average Bonchev–Trinajstić information content (AvgIpc) is 3.00. The predicted octanol–water partition coefficient (Wildman–Crippen LogP) is 2.24. The van der Waals surface area contributed by atoms with Crippen molar-refractivity contribution in [3.8, 4) is 0 Å². The number of hydrogen-bond acceptors (Lipinski definition) is 3. The molecule has 2 aromatic rings. The number of amides is 1. The van der Waals surface area contributed by atoms with Gasteiger partial charge in [-0.25, -0.2) is 4.98 Å². The fraction of sp³-hybridized carbons (Fsp3) is 0.474. The molecule has 1 aromatic heterocycles. The highest BCUT2D eigenvalue weighted by atomic mass is 16.3. The molecule has 1 aliphatic heterocycles. The molecule has 2 unspecified atom stereocenters. The molecule has 1 amide bonds. The summed E-state index contributed by atoms with van der Waals surface area (Å²) in [6, 6.07) is 8.08. The molecule has 5 nitrogen and oxygen atoms in total. The van der Waals surface area contributed by atoms with E-state index in [0.29, 0.717) is 18.8 Å². The van der Waals surface area contributed by atoms with Gasteiger partial charge in [0.2, 0.25) is 5.91 Å². The fourth-order valence-corrected chi connectivity index (χ4v) is 3.48. The summed E-state index contributed by atoms with van der Waals surface area (Å²) in [5.74, 6) is 0.853. The second-order valence-corrected chi connectivity index (χ2v) is 6.75. The molecule has 0 bridgehead atoms. The number of benzene rings is 1. The maximum absolute atomic E-state index is 12.6. The van der Waals surface area contributed by atoms with Crippen molar-refractivity contribution >= 4 is 5.91 Å². The number of nitrogens with zero attached hydrogens (tertiary/aromatic N) is 3. The quantitative estimate of drug-likeness (QED) is 0.937. The van der Waals surface area contributed by atoms with Crippen LogP contribution in [0.3, 0.4) is 0 Å². The molecule has 0 saturated carbocycles. The normalized spacial score (nSPS) is 19.3. The number of aromatic nitrogens is 2. The van der Waals surface area contributed by atoms with Gasteiger partial charge >= 0.3 is 0 Å². The van der Waals surface area contributed by atoms with Crippen molar-refractivity contribution in [1.82, 2.24) is 14.5 Å². The molecule has 1 saturated heterocycles. The van der Waals surface area contributed by atoms with E-state index in [1.54, 1.807) is 6.20 Å². The van der Waals surface area contributed by atoms with Crippen molar-refractivity contribution in [2.45, 2.75) is 32.3 Å². The zero-order valence-electron chi connectivity index (χ0n) is 14.4. The summed E-state index contributed by atoms with van der Waals surface area (Å²) < 4.78 is 1.85. The van der Waals surface area contributed by atoms with Gasteiger partial charge in [-0.3, -0.25) is 4.79 Å². The number of likely N-dealkylation sites (tertiary alicyclic amines) is 1. The van der Waals surface area contributed by atoms with Crippen LogP contribution in [0.15, 0.2) is 36.7 Å². The van der Waals surface area contributed by atoms with Gasteiger partial charge in [0.25, 0.3) is 0 Å². The molecule has 1 fully saturated rings. The van der Waals surface area contributed by atoms with E-state index in [1.165, 1.54) is 5.56 Å². The van der Waals surface area contributed by atoms with Gasteiger partial charge in [-0.05, 0) is 25.3 Å². The van der Waals surface area contributed by atoms with Gasteiger partial charge < -0.3 is 14.6 Å². The molecule has 1 N–H and O–H groups in total. The van der Waals surface area contributed by atoms with Crippen LogP contribution in [0.2, 0.25) is 0 Å². The summed E-state index contributed by atoms with van der Waals surface area (Å²) in [5, 5.41) is 10.6. The highest BCUT2D eigenvalue weighted by Crippen LogP contribution is 2.29. The molecule has 24 heavy (non-hydrogen) atoms.